The Kier molecular flexibility index (Phi) is 17.6. The number of benzene rings is 1. The summed E-state index contributed by atoms with van der Waals surface area (Å²) in [5.41, 5.74) is 4.29. The van der Waals surface area contributed by atoms with E-state index >= 15 is 0 Å². The molecular formula is C45H63N3O10. The Hall–Kier alpha value is -4.27. The van der Waals surface area contributed by atoms with E-state index in [4.69, 9.17) is 33.7 Å². The van der Waals surface area contributed by atoms with Gasteiger partial charge >= 0.3 is 6.09 Å². The summed E-state index contributed by atoms with van der Waals surface area (Å²) >= 11 is 0. The standard InChI is InChI=1S/C45H63N3O10/c1-5-8-25-54-44(52)48(20-26-53-27-23-51)41-30-39(47-57-7-3)37-28-33(15-9-11-21-49)36(17-10-12-22-50)42-38-29-35(55-31-34-16-13-14-32(4)46-34)18-19-40(38)58-45(41,43(37)42)56-24-6-2/h5-6,13-14,16,18-19,28-29,33,36,41-43,49-51H,1-2,7-12,15,17,20-27,30-31H2,3-4H3/t33-,36+,41-,42+,43+,45+/m0/s1. The van der Waals surface area contributed by atoms with Crippen molar-refractivity contribution in [3.63, 3.8) is 0 Å². The lowest BCUT2D eigenvalue weighted by Crippen LogP contribution is -2.70. The topological polar surface area (TPSA) is 162 Å². The molecule has 318 valence electrons. The van der Waals surface area contributed by atoms with Gasteiger partial charge in [0, 0.05) is 43.4 Å². The molecule has 0 bridgehead atoms. The van der Waals surface area contributed by atoms with Crippen LogP contribution in [0.4, 0.5) is 4.79 Å². The number of allylic oxidation sites excluding steroid dienone is 1. The lowest BCUT2D eigenvalue weighted by Gasteiger charge is -2.59. The molecule has 0 unspecified atom stereocenters. The number of hydrogen-bond donors (Lipinski definition) is 3. The molecule has 6 atom stereocenters. The number of amides is 1. The Morgan fingerprint density at radius 2 is 1.84 bits per heavy atom. The summed E-state index contributed by atoms with van der Waals surface area (Å²) in [4.78, 5) is 26.3. The van der Waals surface area contributed by atoms with Crippen molar-refractivity contribution in [3.05, 3.63) is 90.3 Å². The van der Waals surface area contributed by atoms with Crippen LogP contribution in [0.3, 0.4) is 0 Å². The molecule has 1 aliphatic heterocycles. The molecule has 1 saturated carbocycles. The molecule has 0 saturated heterocycles. The summed E-state index contributed by atoms with van der Waals surface area (Å²) in [6.45, 7) is 12.9. The number of aromatic nitrogens is 1. The Labute approximate surface area is 343 Å². The molecule has 3 aliphatic rings. The summed E-state index contributed by atoms with van der Waals surface area (Å²) in [5.74, 6) is -0.739. The molecule has 1 aromatic carbocycles. The molecule has 5 rings (SSSR count). The smallest absolute Gasteiger partial charge is 0.410 e. The van der Waals surface area contributed by atoms with Crippen molar-refractivity contribution in [2.45, 2.75) is 89.6 Å². The lowest BCUT2D eigenvalue weighted by atomic mass is 9.55. The second kappa shape index (κ2) is 22.8. The van der Waals surface area contributed by atoms with Crippen molar-refractivity contribution < 1.29 is 48.6 Å². The van der Waals surface area contributed by atoms with E-state index in [-0.39, 0.29) is 83.6 Å². The maximum atomic E-state index is 14.3. The zero-order chi connectivity index (χ0) is 41.3. The number of carbonyl (C=O) groups is 1. The van der Waals surface area contributed by atoms with E-state index in [0.717, 1.165) is 48.2 Å². The largest absolute Gasteiger partial charge is 0.487 e. The minimum atomic E-state index is -1.45. The number of ether oxygens (including phenoxy) is 5. The first-order valence-corrected chi connectivity index (χ1v) is 20.8. The molecule has 3 N–H and O–H groups in total. The molecule has 58 heavy (non-hydrogen) atoms. The van der Waals surface area contributed by atoms with Crippen molar-refractivity contribution in [1.82, 2.24) is 9.88 Å². The maximum Gasteiger partial charge on any atom is 0.410 e. The monoisotopic (exact) mass is 805 g/mol. The van der Waals surface area contributed by atoms with E-state index < -0.39 is 23.8 Å². The average molecular weight is 806 g/mol. The van der Waals surface area contributed by atoms with Gasteiger partial charge in [-0.15, -0.1) is 13.2 Å². The molecule has 13 heteroatoms. The van der Waals surface area contributed by atoms with Gasteiger partial charge in [0.2, 0.25) is 5.79 Å². The third-order valence-electron chi connectivity index (χ3n) is 11.2. The number of nitrogens with zero attached hydrogens (tertiary/aromatic N) is 3. The lowest BCUT2D eigenvalue weighted by molar-refractivity contribution is -0.256. The molecule has 13 nitrogen and oxygen atoms in total. The van der Waals surface area contributed by atoms with Gasteiger partial charge in [-0.25, -0.2) is 4.79 Å². The van der Waals surface area contributed by atoms with Crippen LogP contribution in [0.15, 0.2) is 78.5 Å². The zero-order valence-electron chi connectivity index (χ0n) is 34.3. The average Bonchev–Trinajstić information content (AvgIpc) is 3.23. The molecule has 1 amide bonds. The molecule has 2 aliphatic carbocycles. The summed E-state index contributed by atoms with van der Waals surface area (Å²) < 4.78 is 32.2. The predicted molar refractivity (Wildman–Crippen MR) is 221 cm³/mol. The van der Waals surface area contributed by atoms with Gasteiger partial charge in [0.05, 0.1) is 50.4 Å². The van der Waals surface area contributed by atoms with Crippen LogP contribution in [-0.2, 0) is 25.7 Å². The maximum absolute atomic E-state index is 14.3. The minimum absolute atomic E-state index is 0.0509. The number of oxime groups is 1. The first-order chi connectivity index (χ1) is 28.3. The number of pyridine rings is 1. The molecule has 0 radical (unpaired) electrons. The third kappa shape index (κ3) is 10.9. The van der Waals surface area contributed by atoms with E-state index in [0.29, 0.717) is 43.1 Å². The van der Waals surface area contributed by atoms with Gasteiger partial charge in [-0.2, -0.15) is 0 Å². The van der Waals surface area contributed by atoms with Crippen molar-refractivity contribution in [2.75, 3.05) is 59.4 Å². The summed E-state index contributed by atoms with van der Waals surface area (Å²) in [6.07, 6.45) is 10.4. The molecule has 0 spiro atoms. The Morgan fingerprint density at radius 1 is 1.03 bits per heavy atom. The van der Waals surface area contributed by atoms with E-state index in [1.807, 2.05) is 44.2 Å². The van der Waals surface area contributed by atoms with E-state index in [9.17, 15) is 20.1 Å². The predicted octanol–water partition coefficient (Wildman–Crippen LogP) is 6.65. The number of rotatable bonds is 25. The van der Waals surface area contributed by atoms with Crippen LogP contribution in [0.25, 0.3) is 0 Å². The summed E-state index contributed by atoms with van der Waals surface area (Å²) in [5, 5.41) is 33.9. The SMILES string of the molecule is C=CCCOC(=O)N(CCOCCO)[C@H]1CC(=NOCC)C2=C[C@H](CCCCO)[C@@H](CCCCO)[C@@H]3c4cc(OCc5cccc(C)n5)ccc4O[C@@]1(OCC=C)[C@H]23. The van der Waals surface area contributed by atoms with Gasteiger partial charge in [-0.3, -0.25) is 9.88 Å². The van der Waals surface area contributed by atoms with Crippen molar-refractivity contribution in [2.24, 2.45) is 22.9 Å². The minimum Gasteiger partial charge on any atom is -0.487 e. The second-order valence-electron chi connectivity index (χ2n) is 15.0. The van der Waals surface area contributed by atoms with Crippen LogP contribution in [-0.4, -0.2) is 108 Å². The fourth-order valence-corrected chi connectivity index (χ4v) is 8.73. The quantitative estimate of drug-likeness (QED) is 0.0560. The van der Waals surface area contributed by atoms with Gasteiger partial charge in [0.15, 0.2) is 0 Å². The van der Waals surface area contributed by atoms with Crippen molar-refractivity contribution >= 4 is 11.8 Å². The highest BCUT2D eigenvalue weighted by atomic mass is 16.7. The second-order valence-corrected chi connectivity index (χ2v) is 15.0. The molecule has 2 aromatic rings. The highest BCUT2D eigenvalue weighted by molar-refractivity contribution is 6.03. The number of aliphatic hydroxyl groups excluding tert-OH is 3. The van der Waals surface area contributed by atoms with E-state index in [1.165, 1.54) is 0 Å². The first kappa shape index (κ1) is 44.8. The Balaban J connectivity index is 1.73. The normalized spacial score (nSPS) is 23.8. The summed E-state index contributed by atoms with van der Waals surface area (Å²) in [7, 11) is 0. The van der Waals surface area contributed by atoms with Crippen LogP contribution >= 0.6 is 0 Å². The van der Waals surface area contributed by atoms with Gasteiger partial charge in [-0.05, 0) is 93.7 Å². The number of carbonyl (C=O) groups excluding carboxylic acids is 1. The van der Waals surface area contributed by atoms with Crippen molar-refractivity contribution in [3.8, 4) is 11.5 Å². The van der Waals surface area contributed by atoms with E-state index in [2.05, 4.69) is 30.3 Å². The first-order valence-electron chi connectivity index (χ1n) is 20.8. The summed E-state index contributed by atoms with van der Waals surface area (Å²) in [6, 6.07) is 11.0. The van der Waals surface area contributed by atoms with Gasteiger partial charge in [0.1, 0.15) is 30.8 Å². The number of unbranched alkanes of at least 4 members (excludes halogenated alkanes) is 2. The van der Waals surface area contributed by atoms with Gasteiger partial charge in [0.25, 0.3) is 0 Å². The molecule has 1 fully saturated rings. The molecular weight excluding hydrogens is 743 g/mol. The fraction of sp³-hybridized carbons (Fsp3) is 0.578. The number of hydrogen-bond acceptors (Lipinski definition) is 12. The highest BCUT2D eigenvalue weighted by Crippen LogP contribution is 2.62. The van der Waals surface area contributed by atoms with Crippen LogP contribution in [0, 0.1) is 24.7 Å². The van der Waals surface area contributed by atoms with Crippen LogP contribution in [0.2, 0.25) is 0 Å². The van der Waals surface area contributed by atoms with Crippen LogP contribution in [0.1, 0.15) is 81.2 Å². The number of fused-ring (bicyclic) bond motifs is 2. The zero-order valence-corrected chi connectivity index (χ0v) is 34.3. The fourth-order valence-electron chi connectivity index (χ4n) is 8.73. The van der Waals surface area contributed by atoms with Gasteiger partial charge < -0.3 is 43.8 Å². The van der Waals surface area contributed by atoms with Crippen LogP contribution < -0.4 is 9.47 Å². The molecule has 1 aromatic heterocycles. The third-order valence-corrected chi connectivity index (χ3v) is 11.2. The number of aliphatic hydroxyl groups is 3. The Bertz CT molecular complexity index is 1700. The number of aryl methyl sites for hydroxylation is 1. The van der Waals surface area contributed by atoms with Crippen molar-refractivity contribution in [1.29, 1.82) is 0 Å². The molecule has 2 heterocycles. The highest BCUT2D eigenvalue weighted by Gasteiger charge is 2.65. The van der Waals surface area contributed by atoms with Gasteiger partial charge in [-0.1, -0.05) is 42.3 Å². The van der Waals surface area contributed by atoms with Crippen LogP contribution in [0.5, 0.6) is 11.5 Å². The van der Waals surface area contributed by atoms with E-state index in [1.54, 1.807) is 17.1 Å². The Morgan fingerprint density at radius 3 is 2.57 bits per heavy atom.